The molecule has 1 aliphatic heterocycles. The van der Waals surface area contributed by atoms with E-state index in [2.05, 4.69) is 13.8 Å². The van der Waals surface area contributed by atoms with Gasteiger partial charge < -0.3 is 14.5 Å². The van der Waals surface area contributed by atoms with E-state index in [-0.39, 0.29) is 42.7 Å². The predicted molar refractivity (Wildman–Crippen MR) is 119 cm³/mol. The minimum atomic E-state index is -0.417. The molecule has 4 rings (SSSR count). The van der Waals surface area contributed by atoms with E-state index < -0.39 is 5.82 Å². The number of hydrogen-bond donors (Lipinski definition) is 0. The van der Waals surface area contributed by atoms with Crippen LogP contribution in [-0.4, -0.2) is 47.9 Å². The molecule has 166 valence electrons. The van der Waals surface area contributed by atoms with Gasteiger partial charge in [-0.2, -0.15) is 0 Å². The molecule has 2 amide bonds. The number of hydrogen-bond acceptors (Lipinski definition) is 4. The molecule has 1 unspecified atom stereocenters. The Labute approximate surface area is 186 Å². The molecular formula is C24H29FN2O3S. The Morgan fingerprint density at radius 3 is 2.74 bits per heavy atom. The SMILES string of the molecule is CC(C)CN(CC(=O)N1CCc2sccc2C1COc1ccccc1F)C(=O)C1CC1. The van der Waals surface area contributed by atoms with Crippen LogP contribution in [0.1, 0.15) is 43.2 Å². The molecule has 5 nitrogen and oxygen atoms in total. The normalized spacial score (nSPS) is 18.1. The van der Waals surface area contributed by atoms with E-state index >= 15 is 0 Å². The number of nitrogens with zero attached hydrogens (tertiary/aromatic N) is 2. The van der Waals surface area contributed by atoms with E-state index in [4.69, 9.17) is 4.74 Å². The molecule has 1 atom stereocenters. The van der Waals surface area contributed by atoms with E-state index in [1.54, 1.807) is 34.4 Å². The summed E-state index contributed by atoms with van der Waals surface area (Å²) in [5, 5.41) is 2.02. The lowest BCUT2D eigenvalue weighted by atomic mass is 10.00. The van der Waals surface area contributed by atoms with Crippen LogP contribution in [-0.2, 0) is 16.0 Å². The lowest BCUT2D eigenvalue weighted by molar-refractivity contribution is -0.143. The molecule has 1 fully saturated rings. The van der Waals surface area contributed by atoms with Crippen LogP contribution < -0.4 is 4.74 Å². The second kappa shape index (κ2) is 9.39. The monoisotopic (exact) mass is 444 g/mol. The summed E-state index contributed by atoms with van der Waals surface area (Å²) in [6.45, 7) is 5.53. The molecule has 2 heterocycles. The van der Waals surface area contributed by atoms with Gasteiger partial charge in [-0.15, -0.1) is 11.3 Å². The van der Waals surface area contributed by atoms with Crippen LogP contribution in [0.2, 0.25) is 0 Å². The summed E-state index contributed by atoms with van der Waals surface area (Å²) >= 11 is 1.67. The first-order valence-electron chi connectivity index (χ1n) is 11.0. The third kappa shape index (κ3) is 5.09. The number of para-hydroxylation sites is 1. The second-order valence-electron chi connectivity index (χ2n) is 8.78. The number of benzene rings is 1. The molecule has 1 saturated carbocycles. The summed E-state index contributed by atoms with van der Waals surface area (Å²) in [4.78, 5) is 30.9. The Bertz CT molecular complexity index is 940. The van der Waals surface area contributed by atoms with Crippen molar-refractivity contribution in [1.82, 2.24) is 9.80 Å². The van der Waals surface area contributed by atoms with Gasteiger partial charge in [0.2, 0.25) is 11.8 Å². The largest absolute Gasteiger partial charge is 0.488 e. The number of thiophene rings is 1. The first-order chi connectivity index (χ1) is 14.9. The maximum Gasteiger partial charge on any atom is 0.242 e. The Hall–Kier alpha value is -2.41. The minimum Gasteiger partial charge on any atom is -0.488 e. The van der Waals surface area contributed by atoms with E-state index in [0.29, 0.717) is 19.0 Å². The van der Waals surface area contributed by atoms with Gasteiger partial charge >= 0.3 is 0 Å². The minimum absolute atomic E-state index is 0.0753. The van der Waals surface area contributed by atoms with Gasteiger partial charge in [-0.3, -0.25) is 9.59 Å². The summed E-state index contributed by atoms with van der Waals surface area (Å²) < 4.78 is 19.9. The number of fused-ring (bicyclic) bond motifs is 1. The van der Waals surface area contributed by atoms with Crippen LogP contribution in [0.3, 0.4) is 0 Å². The zero-order chi connectivity index (χ0) is 22.0. The summed E-state index contributed by atoms with van der Waals surface area (Å²) in [5.74, 6) is 0.155. The van der Waals surface area contributed by atoms with Crippen molar-refractivity contribution in [2.24, 2.45) is 11.8 Å². The average molecular weight is 445 g/mol. The molecular weight excluding hydrogens is 415 g/mol. The Morgan fingerprint density at radius 1 is 1.26 bits per heavy atom. The van der Waals surface area contributed by atoms with Crippen LogP contribution >= 0.6 is 11.3 Å². The number of ether oxygens (including phenoxy) is 1. The number of halogens is 1. The highest BCUT2D eigenvalue weighted by Gasteiger charge is 2.37. The van der Waals surface area contributed by atoms with E-state index in [1.165, 1.54) is 10.9 Å². The van der Waals surface area contributed by atoms with Gasteiger partial charge in [0.05, 0.1) is 12.6 Å². The second-order valence-corrected chi connectivity index (χ2v) is 9.78. The van der Waals surface area contributed by atoms with Crippen LogP contribution in [0, 0.1) is 17.7 Å². The summed E-state index contributed by atoms with van der Waals surface area (Å²) in [5.41, 5.74) is 1.06. The van der Waals surface area contributed by atoms with Crippen molar-refractivity contribution in [2.75, 3.05) is 26.2 Å². The lowest BCUT2D eigenvalue weighted by Gasteiger charge is -2.37. The van der Waals surface area contributed by atoms with Gasteiger partial charge in [0.15, 0.2) is 11.6 Å². The summed E-state index contributed by atoms with van der Waals surface area (Å²) in [6, 6.07) is 8.04. The first-order valence-corrected chi connectivity index (χ1v) is 11.8. The lowest BCUT2D eigenvalue weighted by Crippen LogP contribution is -2.48. The molecule has 1 aliphatic carbocycles. The molecule has 2 aliphatic rings. The Balaban J connectivity index is 1.51. The molecule has 2 aromatic rings. The Kier molecular flexibility index (Phi) is 6.60. The fourth-order valence-corrected chi connectivity index (χ4v) is 5.05. The van der Waals surface area contributed by atoms with Crippen LogP contribution in [0.25, 0.3) is 0 Å². The van der Waals surface area contributed by atoms with Gasteiger partial charge in [-0.1, -0.05) is 26.0 Å². The fourth-order valence-electron chi connectivity index (χ4n) is 4.12. The summed E-state index contributed by atoms with van der Waals surface area (Å²) in [6.07, 6.45) is 2.63. The average Bonchev–Trinajstić information content (AvgIpc) is 3.48. The van der Waals surface area contributed by atoms with Crippen molar-refractivity contribution in [3.8, 4) is 5.75 Å². The zero-order valence-corrected chi connectivity index (χ0v) is 18.9. The van der Waals surface area contributed by atoms with Crippen molar-refractivity contribution in [1.29, 1.82) is 0 Å². The van der Waals surface area contributed by atoms with E-state index in [9.17, 15) is 14.0 Å². The quantitative estimate of drug-likeness (QED) is 0.610. The van der Waals surface area contributed by atoms with E-state index in [1.807, 2.05) is 16.3 Å². The van der Waals surface area contributed by atoms with Gasteiger partial charge in [0.25, 0.3) is 0 Å². The highest BCUT2D eigenvalue weighted by Crippen LogP contribution is 2.35. The number of amides is 2. The van der Waals surface area contributed by atoms with Gasteiger partial charge in [-0.25, -0.2) is 4.39 Å². The van der Waals surface area contributed by atoms with Crippen LogP contribution in [0.5, 0.6) is 5.75 Å². The number of rotatable bonds is 8. The molecule has 0 spiro atoms. The maximum absolute atomic E-state index is 14.1. The van der Waals surface area contributed by atoms with E-state index in [0.717, 1.165) is 24.8 Å². The molecule has 1 aromatic carbocycles. The number of carbonyl (C=O) groups is 2. The zero-order valence-electron chi connectivity index (χ0n) is 18.1. The molecule has 0 N–H and O–H groups in total. The van der Waals surface area contributed by atoms with Crippen molar-refractivity contribution in [2.45, 2.75) is 39.2 Å². The van der Waals surface area contributed by atoms with Gasteiger partial charge in [0.1, 0.15) is 6.61 Å². The standard InChI is InChI=1S/C24H29FN2O3S/c1-16(2)13-26(24(29)17-7-8-17)14-23(28)27-11-9-22-18(10-12-31-22)20(27)15-30-21-6-4-3-5-19(21)25/h3-6,10,12,16-17,20H,7-9,11,13-15H2,1-2H3. The fraction of sp³-hybridized carbons (Fsp3) is 0.500. The predicted octanol–water partition coefficient (Wildman–Crippen LogP) is 4.29. The topological polar surface area (TPSA) is 49.9 Å². The molecule has 0 bridgehead atoms. The Morgan fingerprint density at radius 2 is 2.03 bits per heavy atom. The molecule has 0 radical (unpaired) electrons. The van der Waals surface area contributed by atoms with Crippen molar-refractivity contribution < 1.29 is 18.7 Å². The molecule has 7 heteroatoms. The van der Waals surface area contributed by atoms with Crippen molar-refractivity contribution in [3.05, 3.63) is 52.0 Å². The van der Waals surface area contributed by atoms with Gasteiger partial charge in [0, 0.05) is 23.9 Å². The van der Waals surface area contributed by atoms with Crippen molar-refractivity contribution in [3.63, 3.8) is 0 Å². The van der Waals surface area contributed by atoms with Crippen LogP contribution in [0.15, 0.2) is 35.7 Å². The van der Waals surface area contributed by atoms with Crippen LogP contribution in [0.4, 0.5) is 4.39 Å². The molecule has 0 saturated heterocycles. The van der Waals surface area contributed by atoms with Crippen molar-refractivity contribution >= 4 is 23.2 Å². The number of carbonyl (C=O) groups excluding carboxylic acids is 2. The highest BCUT2D eigenvalue weighted by molar-refractivity contribution is 7.10. The highest BCUT2D eigenvalue weighted by atomic mass is 32.1. The third-order valence-corrected chi connectivity index (χ3v) is 6.79. The van der Waals surface area contributed by atoms with Gasteiger partial charge in [-0.05, 0) is 54.3 Å². The summed E-state index contributed by atoms with van der Waals surface area (Å²) in [7, 11) is 0. The first kappa shape index (κ1) is 21.8. The smallest absolute Gasteiger partial charge is 0.242 e. The molecule has 1 aromatic heterocycles. The third-order valence-electron chi connectivity index (χ3n) is 5.80. The maximum atomic E-state index is 14.1. The molecule has 31 heavy (non-hydrogen) atoms.